The molecule has 0 atom stereocenters. The predicted molar refractivity (Wildman–Crippen MR) is 92.8 cm³/mol. The van der Waals surface area contributed by atoms with E-state index in [1.807, 2.05) is 6.07 Å². The van der Waals surface area contributed by atoms with Gasteiger partial charge in [0.25, 0.3) is 5.91 Å². The smallest absolute Gasteiger partial charge is 0.255 e. The molecule has 0 aliphatic heterocycles. The number of benzene rings is 2. The molecule has 0 unspecified atom stereocenters. The number of carbonyl (C=O) groups is 1. The average Bonchev–Trinajstić information content (AvgIpc) is 2.55. The Morgan fingerprint density at radius 1 is 1.04 bits per heavy atom. The minimum atomic E-state index is -0.480. The van der Waals surface area contributed by atoms with Crippen LogP contribution in [-0.4, -0.2) is 10.9 Å². The van der Waals surface area contributed by atoms with E-state index in [-0.39, 0.29) is 11.7 Å². The molecule has 0 aliphatic rings. The second kappa shape index (κ2) is 7.23. The predicted octanol–water partition coefficient (Wildman–Crippen LogP) is 5.03. The quantitative estimate of drug-likeness (QED) is 0.684. The number of hydrogen-bond donors (Lipinski definition) is 1. The van der Waals surface area contributed by atoms with Gasteiger partial charge in [-0.3, -0.25) is 9.78 Å². The van der Waals surface area contributed by atoms with Crippen molar-refractivity contribution in [2.24, 2.45) is 0 Å². The fourth-order valence-corrected chi connectivity index (χ4v) is 2.45. The molecule has 1 N–H and O–H groups in total. The van der Waals surface area contributed by atoms with Crippen molar-refractivity contribution in [1.29, 1.82) is 0 Å². The zero-order valence-corrected chi connectivity index (χ0v) is 14.0. The molecule has 2 aromatic carbocycles. The van der Waals surface area contributed by atoms with Crippen molar-refractivity contribution in [1.82, 2.24) is 4.98 Å². The number of carbonyl (C=O) groups excluding carboxylic acids is 1. The van der Waals surface area contributed by atoms with E-state index < -0.39 is 5.82 Å². The highest BCUT2D eigenvalue weighted by Crippen LogP contribution is 2.24. The number of nitrogens with zero attached hydrogens (tertiary/aromatic N) is 1. The first-order valence-electron chi connectivity index (χ1n) is 7.05. The summed E-state index contributed by atoms with van der Waals surface area (Å²) in [7, 11) is 0. The molecule has 24 heavy (non-hydrogen) atoms. The summed E-state index contributed by atoms with van der Waals surface area (Å²) in [4.78, 5) is 16.0. The summed E-state index contributed by atoms with van der Waals surface area (Å²) in [5, 5.41) is 2.79. The number of nitrogens with one attached hydrogen (secondary N) is 1. The highest BCUT2D eigenvalue weighted by atomic mass is 79.9. The molecule has 1 amide bonds. The summed E-state index contributed by atoms with van der Waals surface area (Å²) in [5.74, 6) is 0.0346. The van der Waals surface area contributed by atoms with Crippen LogP contribution in [0.15, 0.2) is 71.5 Å². The minimum Gasteiger partial charge on any atom is -0.456 e. The van der Waals surface area contributed by atoms with Gasteiger partial charge in [0.15, 0.2) is 0 Å². The van der Waals surface area contributed by atoms with Gasteiger partial charge in [0, 0.05) is 27.9 Å². The molecule has 120 valence electrons. The van der Waals surface area contributed by atoms with Gasteiger partial charge in [0.2, 0.25) is 0 Å². The molecule has 0 spiro atoms. The molecule has 0 aliphatic carbocycles. The average molecular weight is 387 g/mol. The lowest BCUT2D eigenvalue weighted by atomic mass is 10.2. The second-order valence-electron chi connectivity index (χ2n) is 4.93. The van der Waals surface area contributed by atoms with E-state index in [0.717, 1.165) is 10.7 Å². The minimum absolute atomic E-state index is 0.235. The van der Waals surface area contributed by atoms with Crippen molar-refractivity contribution >= 4 is 27.5 Å². The first kappa shape index (κ1) is 16.1. The van der Waals surface area contributed by atoms with Crippen molar-refractivity contribution in [3.63, 3.8) is 0 Å². The zero-order chi connectivity index (χ0) is 16.9. The third-order valence-corrected chi connectivity index (χ3v) is 3.59. The number of amides is 1. The number of halogens is 2. The molecule has 6 heteroatoms. The molecule has 3 rings (SSSR count). The third kappa shape index (κ3) is 4.17. The maximum atomic E-state index is 13.1. The van der Waals surface area contributed by atoms with Crippen LogP contribution in [0.4, 0.5) is 10.1 Å². The van der Waals surface area contributed by atoms with Gasteiger partial charge < -0.3 is 10.1 Å². The van der Waals surface area contributed by atoms with Crippen molar-refractivity contribution in [2.45, 2.75) is 0 Å². The Kier molecular flexibility index (Phi) is 4.86. The number of anilines is 1. The van der Waals surface area contributed by atoms with Crippen molar-refractivity contribution in [3.8, 4) is 11.5 Å². The van der Waals surface area contributed by atoms with Gasteiger partial charge in [-0.2, -0.15) is 0 Å². The van der Waals surface area contributed by atoms with Crippen molar-refractivity contribution < 1.29 is 13.9 Å². The molecule has 4 nitrogen and oxygen atoms in total. The van der Waals surface area contributed by atoms with E-state index in [0.29, 0.717) is 17.0 Å². The van der Waals surface area contributed by atoms with Gasteiger partial charge in [-0.25, -0.2) is 4.39 Å². The third-order valence-electron chi connectivity index (χ3n) is 3.09. The number of pyridine rings is 1. The lowest BCUT2D eigenvalue weighted by Gasteiger charge is -2.09. The monoisotopic (exact) mass is 386 g/mol. The molecule has 1 heterocycles. The first-order valence-corrected chi connectivity index (χ1v) is 7.85. The summed E-state index contributed by atoms with van der Waals surface area (Å²) in [6, 6.07) is 15.2. The Morgan fingerprint density at radius 2 is 1.88 bits per heavy atom. The van der Waals surface area contributed by atoms with E-state index in [9.17, 15) is 9.18 Å². The fourth-order valence-electron chi connectivity index (χ4n) is 2.05. The highest BCUT2D eigenvalue weighted by Gasteiger charge is 2.07. The van der Waals surface area contributed by atoms with E-state index in [4.69, 9.17) is 4.74 Å². The van der Waals surface area contributed by atoms with Gasteiger partial charge in [-0.15, -0.1) is 0 Å². The van der Waals surface area contributed by atoms with Crippen LogP contribution in [0, 0.1) is 5.82 Å². The van der Waals surface area contributed by atoms with Gasteiger partial charge in [0.05, 0.1) is 12.4 Å². The number of rotatable bonds is 4. The summed E-state index contributed by atoms with van der Waals surface area (Å²) < 4.78 is 19.5. The Bertz CT molecular complexity index is 886. The zero-order valence-electron chi connectivity index (χ0n) is 12.4. The van der Waals surface area contributed by atoms with Crippen LogP contribution in [0.2, 0.25) is 0 Å². The number of hydrogen-bond acceptors (Lipinski definition) is 3. The molecule has 0 saturated heterocycles. The summed E-state index contributed by atoms with van der Waals surface area (Å²) in [5.41, 5.74) is 1.10. The van der Waals surface area contributed by atoms with E-state index in [2.05, 4.69) is 26.2 Å². The summed E-state index contributed by atoms with van der Waals surface area (Å²) >= 11 is 3.33. The first-order chi connectivity index (χ1) is 11.6. The van der Waals surface area contributed by atoms with E-state index in [1.165, 1.54) is 12.3 Å². The number of ether oxygens (including phenoxy) is 1. The van der Waals surface area contributed by atoms with Crippen molar-refractivity contribution in [3.05, 3.63) is 82.8 Å². The molecule has 0 saturated carbocycles. The van der Waals surface area contributed by atoms with Gasteiger partial charge in [-0.05, 0) is 30.3 Å². The standard InChI is InChI=1S/C18H12BrFN2O2/c19-13-4-1-3-12(7-13)18(23)22-15-5-2-6-16(9-15)24-17-8-14(20)10-21-11-17/h1-11H,(H,22,23). The van der Waals surface area contributed by atoms with Gasteiger partial charge >= 0.3 is 0 Å². The summed E-state index contributed by atoms with van der Waals surface area (Å²) in [6.07, 6.45) is 2.51. The highest BCUT2D eigenvalue weighted by molar-refractivity contribution is 9.10. The van der Waals surface area contributed by atoms with E-state index in [1.54, 1.807) is 42.5 Å². The van der Waals surface area contributed by atoms with Crippen LogP contribution in [0.25, 0.3) is 0 Å². The molecular weight excluding hydrogens is 375 g/mol. The van der Waals surface area contributed by atoms with Gasteiger partial charge in [0.1, 0.15) is 17.3 Å². The molecular formula is C18H12BrFN2O2. The Hall–Kier alpha value is -2.73. The van der Waals surface area contributed by atoms with Crippen LogP contribution >= 0.6 is 15.9 Å². The van der Waals surface area contributed by atoms with Gasteiger partial charge in [-0.1, -0.05) is 28.1 Å². The Labute approximate surface area is 146 Å². The van der Waals surface area contributed by atoms with Crippen LogP contribution in [-0.2, 0) is 0 Å². The SMILES string of the molecule is O=C(Nc1cccc(Oc2cncc(F)c2)c1)c1cccc(Br)c1. The van der Waals surface area contributed by atoms with Crippen molar-refractivity contribution in [2.75, 3.05) is 5.32 Å². The normalized spacial score (nSPS) is 10.2. The van der Waals surface area contributed by atoms with E-state index >= 15 is 0 Å². The van der Waals surface area contributed by atoms with Crippen LogP contribution < -0.4 is 10.1 Å². The lowest BCUT2D eigenvalue weighted by molar-refractivity contribution is 0.102. The van der Waals surface area contributed by atoms with Crippen LogP contribution in [0.1, 0.15) is 10.4 Å². The molecule has 0 fully saturated rings. The topological polar surface area (TPSA) is 51.2 Å². The maximum absolute atomic E-state index is 13.1. The fraction of sp³-hybridized carbons (Fsp3) is 0. The van der Waals surface area contributed by atoms with Crippen LogP contribution in [0.3, 0.4) is 0 Å². The molecule has 0 radical (unpaired) electrons. The molecule has 0 bridgehead atoms. The molecule has 3 aromatic rings. The van der Waals surface area contributed by atoms with Crippen LogP contribution in [0.5, 0.6) is 11.5 Å². The Balaban J connectivity index is 1.74. The summed E-state index contributed by atoms with van der Waals surface area (Å²) in [6.45, 7) is 0. The molecule has 1 aromatic heterocycles. The maximum Gasteiger partial charge on any atom is 0.255 e. The second-order valence-corrected chi connectivity index (χ2v) is 5.85. The lowest BCUT2D eigenvalue weighted by Crippen LogP contribution is -2.11. The largest absolute Gasteiger partial charge is 0.456 e. The number of aromatic nitrogens is 1. The Morgan fingerprint density at radius 3 is 2.67 bits per heavy atom.